The number of methoxy groups -OCH3 is 1. The third kappa shape index (κ3) is 3.83. The van der Waals surface area contributed by atoms with E-state index in [1.54, 1.807) is 18.4 Å². The summed E-state index contributed by atoms with van der Waals surface area (Å²) in [6, 6.07) is 23.3. The third-order valence-corrected chi connectivity index (χ3v) is 5.32. The molecule has 4 aromatic rings. The molecule has 0 radical (unpaired) electrons. The van der Waals surface area contributed by atoms with Crippen LogP contribution in [0.1, 0.15) is 5.56 Å². The second kappa shape index (κ2) is 7.60. The molecule has 0 unspecified atom stereocenters. The topological polar surface area (TPSA) is 51.2 Å². The number of carbonyl (C=O) groups excluding carboxylic acids is 1. The molecule has 1 heterocycles. The van der Waals surface area contributed by atoms with Gasteiger partial charge in [0.2, 0.25) is 5.91 Å². The number of ether oxygens (including phenoxy) is 1. The minimum absolute atomic E-state index is 0.0614. The molecule has 1 amide bonds. The highest BCUT2D eigenvalue weighted by Gasteiger charge is 2.12. The molecule has 4 rings (SSSR count). The highest BCUT2D eigenvalue weighted by molar-refractivity contribution is 7.21. The van der Waals surface area contributed by atoms with Crippen molar-refractivity contribution in [1.82, 2.24) is 4.98 Å². The van der Waals surface area contributed by atoms with E-state index in [2.05, 4.69) is 11.4 Å². The molecular formula is C22H18N2O2S. The van der Waals surface area contributed by atoms with Gasteiger partial charge in [0.15, 0.2) is 0 Å². The molecule has 0 aliphatic carbocycles. The Kier molecular flexibility index (Phi) is 4.85. The van der Waals surface area contributed by atoms with Gasteiger partial charge in [0.05, 0.1) is 29.4 Å². The number of thiazole rings is 1. The molecular weight excluding hydrogens is 356 g/mol. The lowest BCUT2D eigenvalue weighted by molar-refractivity contribution is -0.115. The molecule has 134 valence electrons. The summed E-state index contributed by atoms with van der Waals surface area (Å²) in [5.41, 5.74) is 3.61. The molecule has 4 nitrogen and oxygen atoms in total. The van der Waals surface area contributed by atoms with Crippen molar-refractivity contribution in [3.63, 3.8) is 0 Å². The van der Waals surface area contributed by atoms with Crippen molar-refractivity contribution >= 4 is 33.1 Å². The van der Waals surface area contributed by atoms with Gasteiger partial charge in [-0.2, -0.15) is 0 Å². The Hall–Kier alpha value is -3.18. The van der Waals surface area contributed by atoms with Crippen LogP contribution < -0.4 is 10.1 Å². The number of fused-ring (bicyclic) bond motifs is 1. The lowest BCUT2D eigenvalue weighted by Crippen LogP contribution is -2.15. The van der Waals surface area contributed by atoms with Gasteiger partial charge in [-0.1, -0.05) is 36.4 Å². The van der Waals surface area contributed by atoms with E-state index in [0.717, 1.165) is 37.8 Å². The maximum absolute atomic E-state index is 12.5. The molecule has 0 saturated carbocycles. The normalized spacial score (nSPS) is 10.7. The summed E-state index contributed by atoms with van der Waals surface area (Å²) >= 11 is 1.62. The molecule has 0 fully saturated rings. The van der Waals surface area contributed by atoms with Crippen molar-refractivity contribution in [3.05, 3.63) is 78.4 Å². The fraction of sp³-hybridized carbons (Fsp3) is 0.0909. The number of benzene rings is 3. The molecule has 5 heteroatoms. The fourth-order valence-electron chi connectivity index (χ4n) is 2.89. The second-order valence-corrected chi connectivity index (χ2v) is 7.14. The van der Waals surface area contributed by atoms with E-state index < -0.39 is 0 Å². The molecule has 1 aromatic heterocycles. The van der Waals surface area contributed by atoms with Gasteiger partial charge >= 0.3 is 0 Å². The number of carbonyl (C=O) groups is 1. The minimum Gasteiger partial charge on any atom is -0.497 e. The predicted molar refractivity (Wildman–Crippen MR) is 110 cm³/mol. The smallest absolute Gasteiger partial charge is 0.228 e. The summed E-state index contributed by atoms with van der Waals surface area (Å²) in [5.74, 6) is 0.717. The maximum Gasteiger partial charge on any atom is 0.228 e. The lowest BCUT2D eigenvalue weighted by atomic mass is 10.1. The highest BCUT2D eigenvalue weighted by Crippen LogP contribution is 2.34. The maximum atomic E-state index is 12.5. The zero-order valence-corrected chi connectivity index (χ0v) is 15.6. The van der Waals surface area contributed by atoms with E-state index >= 15 is 0 Å². The molecule has 0 aliphatic heterocycles. The molecule has 0 atom stereocenters. The summed E-state index contributed by atoms with van der Waals surface area (Å²) in [5, 5.41) is 3.93. The lowest BCUT2D eigenvalue weighted by Gasteiger charge is -2.09. The monoisotopic (exact) mass is 374 g/mol. The van der Waals surface area contributed by atoms with Crippen LogP contribution in [0.15, 0.2) is 72.8 Å². The third-order valence-electron chi connectivity index (χ3n) is 4.25. The number of aromatic nitrogens is 1. The van der Waals surface area contributed by atoms with Gasteiger partial charge in [-0.15, -0.1) is 11.3 Å². The number of anilines is 1. The van der Waals surface area contributed by atoms with Gasteiger partial charge in [0.1, 0.15) is 10.8 Å². The molecule has 0 saturated heterocycles. The zero-order valence-electron chi connectivity index (χ0n) is 14.8. The average molecular weight is 374 g/mol. The summed E-state index contributed by atoms with van der Waals surface area (Å²) < 4.78 is 6.28. The molecule has 0 spiro atoms. The largest absolute Gasteiger partial charge is 0.497 e. The van der Waals surface area contributed by atoms with Crippen LogP contribution in [-0.2, 0) is 11.2 Å². The van der Waals surface area contributed by atoms with Gasteiger partial charge < -0.3 is 10.1 Å². The van der Waals surface area contributed by atoms with Crippen LogP contribution in [0.4, 0.5) is 5.69 Å². The van der Waals surface area contributed by atoms with Crippen LogP contribution in [-0.4, -0.2) is 18.0 Å². The summed E-state index contributed by atoms with van der Waals surface area (Å²) in [6.45, 7) is 0. The molecule has 1 N–H and O–H groups in total. The van der Waals surface area contributed by atoms with E-state index in [4.69, 9.17) is 9.72 Å². The molecule has 27 heavy (non-hydrogen) atoms. The first kappa shape index (κ1) is 17.2. The Balaban J connectivity index is 1.56. The molecule has 3 aromatic carbocycles. The van der Waals surface area contributed by atoms with Crippen LogP contribution in [0.2, 0.25) is 0 Å². The minimum atomic E-state index is -0.0614. The van der Waals surface area contributed by atoms with Gasteiger partial charge in [0, 0.05) is 5.56 Å². The van der Waals surface area contributed by atoms with E-state index in [9.17, 15) is 4.79 Å². The Labute approximate surface area is 161 Å². The number of amides is 1. The van der Waals surface area contributed by atoms with Crippen molar-refractivity contribution in [2.45, 2.75) is 6.42 Å². The zero-order chi connectivity index (χ0) is 18.6. The standard InChI is InChI=1S/C22H18N2O2S/c1-26-16-12-10-15(11-13-16)14-21(25)23-18-7-3-2-6-17(18)22-24-19-8-4-5-9-20(19)27-22/h2-13H,14H2,1H3,(H,23,25). The van der Waals surface area contributed by atoms with Gasteiger partial charge in [-0.05, 0) is 42.0 Å². The number of nitrogens with one attached hydrogen (secondary N) is 1. The van der Waals surface area contributed by atoms with Gasteiger partial charge in [-0.25, -0.2) is 4.98 Å². The van der Waals surface area contributed by atoms with Crippen molar-refractivity contribution in [2.75, 3.05) is 12.4 Å². The summed E-state index contributed by atoms with van der Waals surface area (Å²) in [4.78, 5) is 17.2. The number of nitrogens with zero attached hydrogens (tertiary/aromatic N) is 1. The SMILES string of the molecule is COc1ccc(CC(=O)Nc2ccccc2-c2nc3ccccc3s2)cc1. The van der Waals surface area contributed by atoms with Gasteiger partial charge in [0.25, 0.3) is 0 Å². The molecule has 0 aliphatic rings. The number of hydrogen-bond acceptors (Lipinski definition) is 4. The highest BCUT2D eigenvalue weighted by atomic mass is 32.1. The summed E-state index contributed by atoms with van der Waals surface area (Å²) in [7, 11) is 1.63. The summed E-state index contributed by atoms with van der Waals surface area (Å²) in [6.07, 6.45) is 0.304. The van der Waals surface area contributed by atoms with Crippen LogP contribution >= 0.6 is 11.3 Å². The first-order valence-electron chi connectivity index (χ1n) is 8.61. The van der Waals surface area contributed by atoms with Crippen LogP contribution in [0.5, 0.6) is 5.75 Å². The first-order valence-corrected chi connectivity index (χ1v) is 9.42. The van der Waals surface area contributed by atoms with Crippen molar-refractivity contribution < 1.29 is 9.53 Å². The van der Waals surface area contributed by atoms with Crippen molar-refractivity contribution in [3.8, 4) is 16.3 Å². The van der Waals surface area contributed by atoms with Crippen LogP contribution in [0, 0.1) is 0 Å². The Morgan fingerprint density at radius 1 is 1.00 bits per heavy atom. The Bertz CT molecular complexity index is 1050. The van der Waals surface area contributed by atoms with Crippen molar-refractivity contribution in [2.24, 2.45) is 0 Å². The number of para-hydroxylation sites is 2. The number of hydrogen-bond donors (Lipinski definition) is 1. The molecule has 0 bridgehead atoms. The average Bonchev–Trinajstić information content (AvgIpc) is 3.13. The van der Waals surface area contributed by atoms with Crippen LogP contribution in [0.25, 0.3) is 20.8 Å². The Morgan fingerprint density at radius 2 is 1.74 bits per heavy atom. The first-order chi connectivity index (χ1) is 13.2. The van der Waals surface area contributed by atoms with Crippen molar-refractivity contribution in [1.29, 1.82) is 0 Å². The Morgan fingerprint density at radius 3 is 2.52 bits per heavy atom. The van der Waals surface area contributed by atoms with Crippen LogP contribution in [0.3, 0.4) is 0 Å². The van der Waals surface area contributed by atoms with E-state index in [0.29, 0.717) is 6.42 Å². The predicted octanol–water partition coefficient (Wildman–Crippen LogP) is 5.15. The van der Waals surface area contributed by atoms with E-state index in [1.807, 2.05) is 66.7 Å². The number of rotatable bonds is 5. The van der Waals surface area contributed by atoms with E-state index in [1.165, 1.54) is 0 Å². The quantitative estimate of drug-likeness (QED) is 0.525. The van der Waals surface area contributed by atoms with E-state index in [-0.39, 0.29) is 5.91 Å². The fourth-order valence-corrected chi connectivity index (χ4v) is 3.89. The van der Waals surface area contributed by atoms with Gasteiger partial charge in [-0.3, -0.25) is 4.79 Å². The second-order valence-electron chi connectivity index (χ2n) is 6.11.